The van der Waals surface area contributed by atoms with E-state index in [1.165, 1.54) is 19.1 Å². The van der Waals surface area contributed by atoms with E-state index in [0.29, 0.717) is 11.3 Å². The third-order valence-electron chi connectivity index (χ3n) is 2.38. The van der Waals surface area contributed by atoms with Gasteiger partial charge in [-0.05, 0) is 36.5 Å². The van der Waals surface area contributed by atoms with Crippen LogP contribution in [0.15, 0.2) is 30.5 Å². The Balaban J connectivity index is 2.61. The summed E-state index contributed by atoms with van der Waals surface area (Å²) in [7, 11) is 2.51. The van der Waals surface area contributed by atoms with E-state index in [9.17, 15) is 8.78 Å². The number of halogens is 2. The number of rotatable bonds is 1. The van der Waals surface area contributed by atoms with Crippen LogP contribution in [0.25, 0.3) is 11.3 Å². The normalized spacial score (nSPS) is 10.5. The van der Waals surface area contributed by atoms with Crippen LogP contribution in [0.1, 0.15) is 5.56 Å². The molecule has 1 unspecified atom stereocenters. The molecule has 2 aromatic rings. The molecule has 2 rings (SSSR count). The second-order valence-electron chi connectivity index (χ2n) is 3.51. The summed E-state index contributed by atoms with van der Waals surface area (Å²) in [5.74, 6) is -1.09. The zero-order chi connectivity index (χ0) is 11.7. The van der Waals surface area contributed by atoms with Crippen molar-refractivity contribution < 1.29 is 8.78 Å². The fraction of sp³-hybridized carbons (Fsp3) is 0.0833. The molecule has 16 heavy (non-hydrogen) atoms. The third-order valence-corrected chi connectivity index (χ3v) is 2.74. The van der Waals surface area contributed by atoms with Gasteiger partial charge < -0.3 is 0 Å². The molecule has 1 atom stereocenters. The second kappa shape index (κ2) is 4.26. The van der Waals surface area contributed by atoms with Crippen LogP contribution in [0.4, 0.5) is 8.78 Å². The van der Waals surface area contributed by atoms with Crippen LogP contribution in [-0.4, -0.2) is 4.98 Å². The van der Waals surface area contributed by atoms with Crippen molar-refractivity contribution in [2.45, 2.75) is 6.92 Å². The van der Waals surface area contributed by atoms with Gasteiger partial charge in [0.15, 0.2) is 0 Å². The first-order valence-electron chi connectivity index (χ1n) is 4.76. The molecule has 0 N–H and O–H groups in total. The highest BCUT2D eigenvalue weighted by Gasteiger charge is 2.12. The molecule has 0 saturated carbocycles. The summed E-state index contributed by atoms with van der Waals surface area (Å²) in [6.45, 7) is 1.42. The number of nitrogens with zero attached hydrogens (tertiary/aromatic N) is 1. The summed E-state index contributed by atoms with van der Waals surface area (Å²) >= 11 is 0. The highest BCUT2D eigenvalue weighted by Crippen LogP contribution is 2.24. The van der Waals surface area contributed by atoms with E-state index in [4.69, 9.17) is 0 Å². The van der Waals surface area contributed by atoms with Crippen molar-refractivity contribution in [3.8, 4) is 11.3 Å². The topological polar surface area (TPSA) is 12.9 Å². The highest BCUT2D eigenvalue weighted by atomic mass is 31.0. The van der Waals surface area contributed by atoms with Crippen LogP contribution in [0.2, 0.25) is 0 Å². The SMILES string of the molecule is Cc1c(F)ccc(-c2cc(P)ccn2)c1F. The smallest absolute Gasteiger partial charge is 0.138 e. The largest absolute Gasteiger partial charge is 0.256 e. The molecule has 0 aliphatic heterocycles. The first-order valence-corrected chi connectivity index (χ1v) is 5.34. The second-order valence-corrected chi connectivity index (χ2v) is 4.18. The molecule has 1 heterocycles. The molecule has 1 aromatic carbocycles. The van der Waals surface area contributed by atoms with E-state index in [1.54, 1.807) is 18.3 Å². The molecule has 1 aromatic heterocycles. The zero-order valence-electron chi connectivity index (χ0n) is 8.67. The molecule has 0 radical (unpaired) electrons. The van der Waals surface area contributed by atoms with Gasteiger partial charge in [0.2, 0.25) is 0 Å². The van der Waals surface area contributed by atoms with Gasteiger partial charge in [0.05, 0.1) is 5.69 Å². The number of pyridine rings is 1. The summed E-state index contributed by atoms with van der Waals surface area (Å²) in [5.41, 5.74) is 0.852. The molecular formula is C12H10F2NP. The number of hydrogen-bond acceptors (Lipinski definition) is 1. The van der Waals surface area contributed by atoms with Crippen molar-refractivity contribution >= 4 is 14.5 Å². The van der Waals surface area contributed by atoms with Gasteiger partial charge in [-0.1, -0.05) is 0 Å². The number of hydrogen-bond donors (Lipinski definition) is 0. The van der Waals surface area contributed by atoms with Crippen molar-refractivity contribution in [1.29, 1.82) is 0 Å². The van der Waals surface area contributed by atoms with Crippen LogP contribution in [0, 0.1) is 18.6 Å². The Labute approximate surface area is 94.7 Å². The maximum Gasteiger partial charge on any atom is 0.138 e. The van der Waals surface area contributed by atoms with Crippen LogP contribution < -0.4 is 5.30 Å². The molecule has 4 heteroatoms. The van der Waals surface area contributed by atoms with Crippen molar-refractivity contribution in [2.24, 2.45) is 0 Å². The molecule has 0 aliphatic rings. The summed E-state index contributed by atoms with van der Waals surface area (Å²) in [6, 6.07) is 6.19. The predicted molar refractivity (Wildman–Crippen MR) is 63.7 cm³/mol. The molecular weight excluding hydrogens is 227 g/mol. The van der Waals surface area contributed by atoms with E-state index in [0.717, 1.165) is 5.30 Å². The number of benzene rings is 1. The van der Waals surface area contributed by atoms with Crippen molar-refractivity contribution in [1.82, 2.24) is 4.98 Å². The Morgan fingerprint density at radius 2 is 1.94 bits per heavy atom. The lowest BCUT2D eigenvalue weighted by molar-refractivity contribution is 0.570. The van der Waals surface area contributed by atoms with E-state index < -0.39 is 11.6 Å². The molecule has 0 saturated heterocycles. The molecule has 0 spiro atoms. The maximum atomic E-state index is 13.8. The van der Waals surface area contributed by atoms with Crippen LogP contribution >= 0.6 is 9.24 Å². The number of aromatic nitrogens is 1. The standard InChI is InChI=1S/C12H10F2NP/c1-7-10(13)3-2-9(12(7)14)11-6-8(16)4-5-15-11/h2-6H,16H2,1H3. The fourth-order valence-corrected chi connectivity index (χ4v) is 1.70. The van der Waals surface area contributed by atoms with E-state index in [2.05, 4.69) is 14.2 Å². The van der Waals surface area contributed by atoms with E-state index in [1.807, 2.05) is 0 Å². The summed E-state index contributed by atoms with van der Waals surface area (Å²) in [6.07, 6.45) is 1.59. The first-order chi connectivity index (χ1) is 7.59. The van der Waals surface area contributed by atoms with Gasteiger partial charge in [0, 0.05) is 17.3 Å². The average molecular weight is 237 g/mol. The van der Waals surface area contributed by atoms with Gasteiger partial charge >= 0.3 is 0 Å². The lowest BCUT2D eigenvalue weighted by Crippen LogP contribution is -1.97. The lowest BCUT2D eigenvalue weighted by Gasteiger charge is -2.06. The van der Waals surface area contributed by atoms with Gasteiger partial charge in [-0.2, -0.15) is 0 Å². The Hall–Kier alpha value is -1.34. The Morgan fingerprint density at radius 1 is 1.19 bits per heavy atom. The Morgan fingerprint density at radius 3 is 2.62 bits per heavy atom. The monoisotopic (exact) mass is 237 g/mol. The van der Waals surface area contributed by atoms with Crippen molar-refractivity contribution in [2.75, 3.05) is 0 Å². The molecule has 0 bridgehead atoms. The molecule has 0 fully saturated rings. The predicted octanol–water partition coefficient (Wildman–Crippen LogP) is 2.84. The van der Waals surface area contributed by atoms with Crippen molar-refractivity contribution in [3.05, 3.63) is 47.7 Å². The minimum Gasteiger partial charge on any atom is -0.256 e. The van der Waals surface area contributed by atoms with Gasteiger partial charge in [0.25, 0.3) is 0 Å². The zero-order valence-corrected chi connectivity index (χ0v) is 9.82. The van der Waals surface area contributed by atoms with Crippen molar-refractivity contribution in [3.63, 3.8) is 0 Å². The highest BCUT2D eigenvalue weighted by molar-refractivity contribution is 7.27. The lowest BCUT2D eigenvalue weighted by atomic mass is 10.1. The fourth-order valence-electron chi connectivity index (χ4n) is 1.45. The first kappa shape index (κ1) is 11.2. The van der Waals surface area contributed by atoms with Gasteiger partial charge in [-0.3, -0.25) is 4.98 Å². The van der Waals surface area contributed by atoms with Gasteiger partial charge in [0.1, 0.15) is 11.6 Å². The molecule has 0 aliphatic carbocycles. The maximum absolute atomic E-state index is 13.8. The van der Waals surface area contributed by atoms with E-state index >= 15 is 0 Å². The molecule has 1 nitrogen and oxygen atoms in total. The van der Waals surface area contributed by atoms with Gasteiger partial charge in [-0.15, -0.1) is 9.24 Å². The Kier molecular flexibility index (Phi) is 2.97. The quantitative estimate of drug-likeness (QED) is 0.695. The van der Waals surface area contributed by atoms with Crippen LogP contribution in [-0.2, 0) is 0 Å². The average Bonchev–Trinajstić information content (AvgIpc) is 2.26. The summed E-state index contributed by atoms with van der Waals surface area (Å²) in [5, 5.41) is 0.909. The Bertz CT molecular complexity index is 541. The molecule has 82 valence electrons. The summed E-state index contributed by atoms with van der Waals surface area (Å²) in [4.78, 5) is 4.07. The van der Waals surface area contributed by atoms with Crippen LogP contribution in [0.5, 0.6) is 0 Å². The van der Waals surface area contributed by atoms with E-state index in [-0.39, 0.29) is 5.56 Å². The molecule has 0 amide bonds. The minimum absolute atomic E-state index is 0.0217. The third kappa shape index (κ3) is 1.96. The summed E-state index contributed by atoms with van der Waals surface area (Å²) < 4.78 is 26.9. The minimum atomic E-state index is -0.553. The van der Waals surface area contributed by atoms with Crippen LogP contribution in [0.3, 0.4) is 0 Å². The van der Waals surface area contributed by atoms with Gasteiger partial charge in [-0.25, -0.2) is 8.78 Å².